The van der Waals surface area contributed by atoms with Crippen LogP contribution in [0.5, 0.6) is 0 Å². The number of carbonyl (C=O) groups is 1. The number of para-hydroxylation sites is 1. The second-order valence-corrected chi connectivity index (χ2v) is 6.27. The van der Waals surface area contributed by atoms with Crippen molar-refractivity contribution in [3.63, 3.8) is 0 Å². The standard InChI is InChI=1S/C19H24N4O/c1-15-6-2-3-7-17(15)22-19(24)21-14-16-9-12-23(13-10-16)18-8-4-5-11-20-18/h2-8,11,16H,9-10,12-14H2,1H3,(H2,21,22,24). The Balaban J connectivity index is 1.42. The van der Waals surface area contributed by atoms with Crippen LogP contribution in [0, 0.1) is 12.8 Å². The van der Waals surface area contributed by atoms with Gasteiger partial charge in [-0.2, -0.15) is 0 Å². The van der Waals surface area contributed by atoms with Gasteiger partial charge in [-0.25, -0.2) is 9.78 Å². The lowest BCUT2D eigenvalue weighted by molar-refractivity contribution is 0.248. The smallest absolute Gasteiger partial charge is 0.319 e. The summed E-state index contributed by atoms with van der Waals surface area (Å²) in [6, 6.07) is 13.7. The zero-order valence-electron chi connectivity index (χ0n) is 14.0. The van der Waals surface area contributed by atoms with Crippen LogP contribution in [0.4, 0.5) is 16.3 Å². The molecule has 0 bridgehead atoms. The molecule has 0 aliphatic carbocycles. The maximum Gasteiger partial charge on any atom is 0.319 e. The number of nitrogens with zero attached hydrogens (tertiary/aromatic N) is 2. The fraction of sp³-hybridized carbons (Fsp3) is 0.368. The van der Waals surface area contributed by atoms with E-state index in [1.807, 2.05) is 55.6 Å². The topological polar surface area (TPSA) is 57.3 Å². The fourth-order valence-electron chi connectivity index (χ4n) is 3.02. The number of hydrogen-bond donors (Lipinski definition) is 2. The van der Waals surface area contributed by atoms with E-state index in [0.29, 0.717) is 12.5 Å². The zero-order valence-corrected chi connectivity index (χ0v) is 14.0. The Labute approximate surface area is 143 Å². The number of piperidine rings is 1. The van der Waals surface area contributed by atoms with Gasteiger partial charge in [0.25, 0.3) is 0 Å². The second-order valence-electron chi connectivity index (χ2n) is 6.27. The third-order valence-corrected chi connectivity index (χ3v) is 4.53. The number of anilines is 2. The summed E-state index contributed by atoms with van der Waals surface area (Å²) in [4.78, 5) is 18.8. The molecule has 1 saturated heterocycles. The van der Waals surface area contributed by atoms with Gasteiger partial charge in [-0.3, -0.25) is 0 Å². The first-order valence-corrected chi connectivity index (χ1v) is 8.49. The molecule has 2 amide bonds. The van der Waals surface area contributed by atoms with E-state index >= 15 is 0 Å². The predicted molar refractivity (Wildman–Crippen MR) is 97.4 cm³/mol. The first-order chi connectivity index (χ1) is 11.7. The van der Waals surface area contributed by atoms with Crippen molar-refractivity contribution in [2.75, 3.05) is 29.9 Å². The molecule has 2 N–H and O–H groups in total. The molecule has 3 rings (SSSR count). The van der Waals surface area contributed by atoms with Crippen LogP contribution in [0.15, 0.2) is 48.7 Å². The van der Waals surface area contributed by atoms with E-state index in [4.69, 9.17) is 0 Å². The molecule has 5 heteroatoms. The summed E-state index contributed by atoms with van der Waals surface area (Å²) in [7, 11) is 0. The van der Waals surface area contributed by atoms with Crippen LogP contribution in [0.25, 0.3) is 0 Å². The molecule has 2 aromatic rings. The summed E-state index contributed by atoms with van der Waals surface area (Å²) in [6.45, 7) is 4.68. The lowest BCUT2D eigenvalue weighted by Gasteiger charge is -2.32. The Morgan fingerprint density at radius 1 is 1.17 bits per heavy atom. The van der Waals surface area contributed by atoms with Crippen molar-refractivity contribution in [1.82, 2.24) is 10.3 Å². The van der Waals surface area contributed by atoms with Gasteiger partial charge in [-0.1, -0.05) is 24.3 Å². The first-order valence-electron chi connectivity index (χ1n) is 8.49. The molecule has 0 spiro atoms. The quantitative estimate of drug-likeness (QED) is 0.906. The Hall–Kier alpha value is -2.56. The van der Waals surface area contributed by atoms with Crippen molar-refractivity contribution in [2.24, 2.45) is 5.92 Å². The van der Waals surface area contributed by atoms with Gasteiger partial charge in [0.15, 0.2) is 0 Å². The largest absolute Gasteiger partial charge is 0.357 e. The molecule has 1 fully saturated rings. The van der Waals surface area contributed by atoms with E-state index in [1.54, 1.807) is 0 Å². The maximum atomic E-state index is 12.1. The van der Waals surface area contributed by atoms with E-state index in [1.165, 1.54) is 0 Å². The summed E-state index contributed by atoms with van der Waals surface area (Å²) in [5.74, 6) is 1.56. The summed E-state index contributed by atoms with van der Waals surface area (Å²) >= 11 is 0. The molecule has 5 nitrogen and oxygen atoms in total. The molecule has 0 radical (unpaired) electrons. The van der Waals surface area contributed by atoms with Gasteiger partial charge in [-0.05, 0) is 49.4 Å². The molecule has 0 unspecified atom stereocenters. The summed E-state index contributed by atoms with van der Waals surface area (Å²) < 4.78 is 0. The number of nitrogens with one attached hydrogen (secondary N) is 2. The van der Waals surface area contributed by atoms with E-state index in [-0.39, 0.29) is 6.03 Å². The number of carbonyl (C=O) groups excluding carboxylic acids is 1. The van der Waals surface area contributed by atoms with Crippen molar-refractivity contribution >= 4 is 17.5 Å². The molecular formula is C19H24N4O. The lowest BCUT2D eigenvalue weighted by atomic mass is 9.97. The molecular weight excluding hydrogens is 300 g/mol. The van der Waals surface area contributed by atoms with E-state index in [9.17, 15) is 4.79 Å². The highest BCUT2D eigenvalue weighted by Gasteiger charge is 2.20. The molecule has 2 heterocycles. The number of urea groups is 1. The van der Waals surface area contributed by atoms with Crippen LogP contribution in [0.2, 0.25) is 0 Å². The van der Waals surface area contributed by atoms with Gasteiger partial charge in [-0.15, -0.1) is 0 Å². The molecule has 1 aliphatic rings. The number of aromatic nitrogens is 1. The minimum absolute atomic E-state index is 0.128. The molecule has 1 aromatic carbocycles. The fourth-order valence-corrected chi connectivity index (χ4v) is 3.02. The molecule has 0 atom stereocenters. The molecule has 1 aliphatic heterocycles. The van der Waals surface area contributed by atoms with Crippen LogP contribution in [-0.2, 0) is 0 Å². The normalized spacial score (nSPS) is 15.1. The van der Waals surface area contributed by atoms with E-state index in [2.05, 4.69) is 20.5 Å². The Kier molecular flexibility index (Phi) is 5.31. The summed E-state index contributed by atoms with van der Waals surface area (Å²) in [5, 5.41) is 5.91. The van der Waals surface area contributed by atoms with E-state index in [0.717, 1.165) is 43.0 Å². The number of benzene rings is 1. The summed E-state index contributed by atoms with van der Waals surface area (Å²) in [6.07, 6.45) is 3.97. The van der Waals surface area contributed by atoms with Gasteiger partial charge in [0.1, 0.15) is 5.82 Å². The molecule has 1 aromatic heterocycles. The number of hydrogen-bond acceptors (Lipinski definition) is 3. The third kappa shape index (κ3) is 4.25. The highest BCUT2D eigenvalue weighted by molar-refractivity contribution is 5.89. The third-order valence-electron chi connectivity index (χ3n) is 4.53. The minimum atomic E-state index is -0.128. The van der Waals surface area contributed by atoms with Crippen LogP contribution < -0.4 is 15.5 Å². The van der Waals surface area contributed by atoms with Gasteiger partial charge in [0, 0.05) is 31.5 Å². The Morgan fingerprint density at radius 2 is 1.92 bits per heavy atom. The highest BCUT2D eigenvalue weighted by atomic mass is 16.2. The minimum Gasteiger partial charge on any atom is -0.357 e. The predicted octanol–water partition coefficient (Wildman–Crippen LogP) is 3.43. The van der Waals surface area contributed by atoms with Crippen molar-refractivity contribution in [3.8, 4) is 0 Å². The highest BCUT2D eigenvalue weighted by Crippen LogP contribution is 2.21. The van der Waals surface area contributed by atoms with Crippen molar-refractivity contribution < 1.29 is 4.79 Å². The molecule has 126 valence electrons. The van der Waals surface area contributed by atoms with Crippen LogP contribution >= 0.6 is 0 Å². The average Bonchev–Trinajstić information content (AvgIpc) is 2.63. The molecule has 24 heavy (non-hydrogen) atoms. The van der Waals surface area contributed by atoms with Gasteiger partial charge >= 0.3 is 6.03 Å². The van der Waals surface area contributed by atoms with Crippen molar-refractivity contribution in [2.45, 2.75) is 19.8 Å². The van der Waals surface area contributed by atoms with Crippen molar-refractivity contribution in [3.05, 3.63) is 54.2 Å². The van der Waals surface area contributed by atoms with Gasteiger partial charge in [0.2, 0.25) is 0 Å². The van der Waals surface area contributed by atoms with E-state index < -0.39 is 0 Å². The Morgan fingerprint density at radius 3 is 2.62 bits per heavy atom. The number of pyridine rings is 1. The SMILES string of the molecule is Cc1ccccc1NC(=O)NCC1CCN(c2ccccn2)CC1. The van der Waals surface area contributed by atoms with Crippen LogP contribution in [0.1, 0.15) is 18.4 Å². The Bertz CT molecular complexity index is 666. The number of rotatable bonds is 4. The maximum absolute atomic E-state index is 12.1. The van der Waals surface area contributed by atoms with Gasteiger partial charge in [0.05, 0.1) is 0 Å². The van der Waals surface area contributed by atoms with Crippen LogP contribution in [0.3, 0.4) is 0 Å². The average molecular weight is 324 g/mol. The second kappa shape index (κ2) is 7.81. The number of amides is 2. The summed E-state index contributed by atoms with van der Waals surface area (Å²) in [5.41, 5.74) is 1.93. The monoisotopic (exact) mass is 324 g/mol. The van der Waals surface area contributed by atoms with Crippen LogP contribution in [-0.4, -0.2) is 30.6 Å². The zero-order chi connectivity index (χ0) is 16.8. The lowest BCUT2D eigenvalue weighted by Crippen LogP contribution is -2.40. The number of aryl methyl sites for hydroxylation is 1. The van der Waals surface area contributed by atoms with Crippen molar-refractivity contribution in [1.29, 1.82) is 0 Å². The molecule has 0 saturated carbocycles. The first kappa shape index (κ1) is 16.3. The van der Waals surface area contributed by atoms with Gasteiger partial charge < -0.3 is 15.5 Å².